The average molecular weight is 283 g/mol. The van der Waals surface area contributed by atoms with Gasteiger partial charge in [-0.05, 0) is 0 Å². The van der Waals surface area contributed by atoms with E-state index in [9.17, 15) is 0 Å². The summed E-state index contributed by atoms with van der Waals surface area (Å²) in [6.45, 7) is 31.2. The first-order valence-corrected chi connectivity index (χ1v) is 12.6. The van der Waals surface area contributed by atoms with Crippen LogP contribution in [-0.2, 0) is 0 Å². The van der Waals surface area contributed by atoms with E-state index < -0.39 is 16.1 Å². The van der Waals surface area contributed by atoms with Crippen molar-refractivity contribution >= 4 is 39.2 Å². The molecule has 0 amide bonds. The molecule has 0 saturated carbocycles. The van der Waals surface area contributed by atoms with Crippen molar-refractivity contribution in [2.24, 2.45) is 0 Å². The Kier molecular flexibility index (Phi) is 9.74. The standard InChI is InChI=1S/2C7H17Si.Mg/c2*1-7(2,3)8(4,5)6;/h2*4H2,1-3,5-6H3;/q2*-1;+2. The van der Waals surface area contributed by atoms with Crippen molar-refractivity contribution in [1.82, 2.24) is 0 Å². The maximum atomic E-state index is 4.18. The summed E-state index contributed by atoms with van der Waals surface area (Å²) in [4.78, 5) is 0. The number of rotatable bonds is 0. The summed E-state index contributed by atoms with van der Waals surface area (Å²) in [6, 6.07) is 0. The SMILES string of the molecule is [CH2-][Si](C)(C)C(C)(C)C.[CH2-][Si](C)(C)C(C)(C)C.[Mg+2]. The van der Waals surface area contributed by atoms with Gasteiger partial charge in [-0.1, -0.05) is 94.0 Å². The van der Waals surface area contributed by atoms with Crippen LogP contribution in [0.5, 0.6) is 0 Å². The van der Waals surface area contributed by atoms with E-state index in [0.29, 0.717) is 10.1 Å². The molecule has 17 heavy (non-hydrogen) atoms. The van der Waals surface area contributed by atoms with Crippen molar-refractivity contribution in [3.05, 3.63) is 13.1 Å². The van der Waals surface area contributed by atoms with Crippen LogP contribution in [0.4, 0.5) is 0 Å². The van der Waals surface area contributed by atoms with Gasteiger partial charge in [0.2, 0.25) is 0 Å². The number of hydrogen-bond acceptors (Lipinski definition) is 0. The van der Waals surface area contributed by atoms with E-state index in [-0.39, 0.29) is 23.1 Å². The molecule has 0 rings (SSSR count). The van der Waals surface area contributed by atoms with Gasteiger partial charge >= 0.3 is 23.1 Å². The second-order valence-corrected chi connectivity index (χ2v) is 18.8. The van der Waals surface area contributed by atoms with Crippen LogP contribution in [0.3, 0.4) is 0 Å². The first-order valence-electron chi connectivity index (χ1n) is 6.21. The predicted octanol–water partition coefficient (Wildman–Crippen LogP) is 5.36. The summed E-state index contributed by atoms with van der Waals surface area (Å²) in [6.07, 6.45) is 0. The molecule has 0 fully saturated rings. The third kappa shape index (κ3) is 10.8. The van der Waals surface area contributed by atoms with Crippen LogP contribution in [0, 0.1) is 13.1 Å². The Labute approximate surface area is 130 Å². The van der Waals surface area contributed by atoms with E-state index in [1.807, 2.05) is 0 Å². The van der Waals surface area contributed by atoms with E-state index in [4.69, 9.17) is 0 Å². The van der Waals surface area contributed by atoms with Crippen molar-refractivity contribution < 1.29 is 0 Å². The summed E-state index contributed by atoms with van der Waals surface area (Å²) in [7, 11) is -2.22. The molecule has 0 aromatic carbocycles. The summed E-state index contributed by atoms with van der Waals surface area (Å²) in [5.74, 6) is 0. The maximum absolute atomic E-state index is 4.18. The smallest absolute Gasteiger partial charge is 0.342 e. The van der Waals surface area contributed by atoms with Gasteiger partial charge in [0.25, 0.3) is 0 Å². The second kappa shape index (κ2) is 7.11. The fourth-order valence-corrected chi connectivity index (χ4v) is 0. The van der Waals surface area contributed by atoms with Gasteiger partial charge in [-0.15, -0.1) is 0 Å². The molecule has 0 unspecified atom stereocenters. The molecule has 0 aromatic rings. The van der Waals surface area contributed by atoms with Crippen molar-refractivity contribution in [3.63, 3.8) is 0 Å². The largest absolute Gasteiger partial charge is 2.00 e. The first kappa shape index (κ1) is 23.3. The Morgan fingerprint density at radius 2 is 0.647 bits per heavy atom. The molecular formula is C14H34MgSi2. The minimum atomic E-state index is -1.11. The van der Waals surface area contributed by atoms with E-state index in [0.717, 1.165) is 0 Å². The Morgan fingerprint density at radius 3 is 0.647 bits per heavy atom. The van der Waals surface area contributed by atoms with Crippen molar-refractivity contribution in [3.8, 4) is 0 Å². The average Bonchev–Trinajstić information content (AvgIpc) is 1.77. The molecule has 3 heteroatoms. The minimum Gasteiger partial charge on any atom is -0.342 e. The molecule has 0 heterocycles. The Balaban J connectivity index is -0.000000218. The van der Waals surface area contributed by atoms with Gasteiger partial charge in [0, 0.05) is 0 Å². The van der Waals surface area contributed by atoms with Crippen LogP contribution >= 0.6 is 0 Å². The summed E-state index contributed by atoms with van der Waals surface area (Å²) in [5, 5.41) is 0.931. The van der Waals surface area contributed by atoms with E-state index in [1.165, 1.54) is 0 Å². The zero-order valence-corrected chi connectivity index (χ0v) is 17.5. The van der Waals surface area contributed by atoms with Gasteiger partial charge in [0.15, 0.2) is 0 Å². The van der Waals surface area contributed by atoms with E-state index in [2.05, 4.69) is 80.8 Å². The summed E-state index contributed by atoms with van der Waals surface area (Å²) >= 11 is 0. The molecule has 0 aliphatic heterocycles. The molecular weight excluding hydrogens is 249 g/mol. The van der Waals surface area contributed by atoms with Gasteiger partial charge < -0.3 is 13.1 Å². The van der Waals surface area contributed by atoms with Crippen LogP contribution in [-0.4, -0.2) is 39.2 Å². The predicted molar refractivity (Wildman–Crippen MR) is 90.9 cm³/mol. The summed E-state index contributed by atoms with van der Waals surface area (Å²) < 4.78 is 0. The zero-order chi connectivity index (χ0) is 14.0. The molecule has 0 aromatic heterocycles. The van der Waals surface area contributed by atoms with Gasteiger partial charge in [-0.3, -0.25) is 0 Å². The first-order chi connectivity index (χ1) is 6.50. The van der Waals surface area contributed by atoms with Gasteiger partial charge in [0.1, 0.15) is 0 Å². The molecule has 0 aliphatic carbocycles. The van der Waals surface area contributed by atoms with Gasteiger partial charge in [-0.2, -0.15) is 0 Å². The fourth-order valence-electron chi connectivity index (χ4n) is 0. The van der Waals surface area contributed by atoms with Crippen LogP contribution in [0.25, 0.3) is 0 Å². The molecule has 0 atom stereocenters. The minimum absolute atomic E-state index is 0. The molecule has 0 N–H and O–H groups in total. The molecule has 0 bridgehead atoms. The third-order valence-electron chi connectivity index (χ3n) is 4.06. The van der Waals surface area contributed by atoms with Crippen LogP contribution < -0.4 is 0 Å². The zero-order valence-electron chi connectivity index (χ0n) is 14.1. The van der Waals surface area contributed by atoms with Crippen LogP contribution in [0.2, 0.25) is 36.3 Å². The van der Waals surface area contributed by atoms with Gasteiger partial charge in [0.05, 0.1) is 0 Å². The van der Waals surface area contributed by atoms with E-state index in [1.54, 1.807) is 0 Å². The second-order valence-electron chi connectivity index (χ2n) is 8.27. The quantitative estimate of drug-likeness (QED) is 0.415. The molecule has 0 spiro atoms. The van der Waals surface area contributed by atoms with Crippen LogP contribution in [0.1, 0.15) is 41.5 Å². The summed E-state index contributed by atoms with van der Waals surface area (Å²) in [5.41, 5.74) is 0. The molecule has 0 radical (unpaired) electrons. The molecule has 0 saturated heterocycles. The van der Waals surface area contributed by atoms with E-state index >= 15 is 0 Å². The van der Waals surface area contributed by atoms with Gasteiger partial charge in [-0.25, -0.2) is 0 Å². The third-order valence-corrected chi connectivity index (χ3v) is 12.2. The normalized spacial score (nSPS) is 13.4. The topological polar surface area (TPSA) is 0 Å². The fraction of sp³-hybridized carbons (Fsp3) is 0.857. The van der Waals surface area contributed by atoms with Crippen molar-refractivity contribution in [2.75, 3.05) is 0 Å². The maximum Gasteiger partial charge on any atom is 2.00 e. The monoisotopic (exact) mass is 282 g/mol. The Morgan fingerprint density at radius 1 is 0.588 bits per heavy atom. The van der Waals surface area contributed by atoms with Crippen LogP contribution in [0.15, 0.2) is 0 Å². The number of hydrogen-bond donors (Lipinski definition) is 0. The Bertz CT molecular complexity index is 148. The molecule has 100 valence electrons. The molecule has 0 nitrogen and oxygen atoms in total. The molecule has 0 aliphatic rings. The van der Waals surface area contributed by atoms with Crippen molar-refractivity contribution in [2.45, 2.75) is 77.8 Å². The Hall–Kier alpha value is 1.20. The van der Waals surface area contributed by atoms with Crippen molar-refractivity contribution in [1.29, 1.82) is 0 Å².